The summed E-state index contributed by atoms with van der Waals surface area (Å²) in [5, 5.41) is 0. The van der Waals surface area contributed by atoms with E-state index in [0.29, 0.717) is 5.75 Å². The van der Waals surface area contributed by atoms with Crippen molar-refractivity contribution in [2.24, 2.45) is 0 Å². The number of benzene rings is 1. The minimum atomic E-state index is -0.575. The van der Waals surface area contributed by atoms with Crippen LogP contribution in [0, 0.1) is 5.82 Å². The number of ether oxygens (including phenoxy) is 1. The van der Waals surface area contributed by atoms with E-state index < -0.39 is 5.82 Å². The number of carbonyl (C=O) groups is 1. The van der Waals surface area contributed by atoms with E-state index in [1.54, 1.807) is 12.3 Å². The number of Topliss-reactive ketones (excluding diaryl/α,β-unsaturated/α-hetero) is 1. The quantitative estimate of drug-likeness (QED) is 0.804. The van der Waals surface area contributed by atoms with Crippen LogP contribution in [0.15, 0.2) is 41.0 Å². The maximum Gasteiger partial charge on any atom is 0.162 e. The Morgan fingerprint density at radius 2 is 2.16 bits per heavy atom. The zero-order valence-electron chi connectivity index (χ0n) is 10.2. The Bertz CT molecular complexity index is 599. The van der Waals surface area contributed by atoms with Gasteiger partial charge in [-0.15, -0.1) is 0 Å². The molecule has 0 aliphatic rings. The van der Waals surface area contributed by atoms with Gasteiger partial charge in [-0.2, -0.15) is 0 Å². The molecule has 5 heteroatoms. The van der Waals surface area contributed by atoms with E-state index in [1.165, 1.54) is 19.1 Å². The number of hydrogen-bond donors (Lipinski definition) is 0. The molecule has 2 aromatic rings. The van der Waals surface area contributed by atoms with Crippen LogP contribution in [-0.2, 0) is 6.61 Å². The highest BCUT2D eigenvalue weighted by Crippen LogP contribution is 2.18. The zero-order valence-corrected chi connectivity index (χ0v) is 11.8. The van der Waals surface area contributed by atoms with Gasteiger partial charge in [-0.3, -0.25) is 9.78 Å². The molecule has 19 heavy (non-hydrogen) atoms. The fourth-order valence-electron chi connectivity index (χ4n) is 1.52. The summed E-state index contributed by atoms with van der Waals surface area (Å²) in [6, 6.07) is 7.85. The summed E-state index contributed by atoms with van der Waals surface area (Å²) in [6.07, 6.45) is 1.66. The minimum Gasteiger partial charge on any atom is -0.487 e. The first-order chi connectivity index (χ1) is 9.06. The minimum absolute atomic E-state index is 0.0640. The van der Waals surface area contributed by atoms with Crippen molar-refractivity contribution in [2.45, 2.75) is 13.5 Å². The smallest absolute Gasteiger partial charge is 0.162 e. The van der Waals surface area contributed by atoms with Crippen LogP contribution in [0.1, 0.15) is 23.0 Å². The lowest BCUT2D eigenvalue weighted by atomic mass is 10.1. The van der Waals surface area contributed by atoms with Crippen LogP contribution in [0.25, 0.3) is 0 Å². The van der Waals surface area contributed by atoms with Gasteiger partial charge in [0.15, 0.2) is 5.78 Å². The Kier molecular flexibility index (Phi) is 4.27. The SMILES string of the molecule is CC(=O)c1ccc(OCc2ccc(Br)cn2)cc1F. The van der Waals surface area contributed by atoms with Gasteiger partial charge in [-0.05, 0) is 47.1 Å². The van der Waals surface area contributed by atoms with Crippen molar-refractivity contribution in [1.82, 2.24) is 4.98 Å². The van der Waals surface area contributed by atoms with E-state index >= 15 is 0 Å². The van der Waals surface area contributed by atoms with Gasteiger partial charge in [0, 0.05) is 16.7 Å². The van der Waals surface area contributed by atoms with Crippen molar-refractivity contribution in [2.75, 3.05) is 0 Å². The average molecular weight is 324 g/mol. The Balaban J connectivity index is 2.06. The Hall–Kier alpha value is -1.75. The average Bonchev–Trinajstić information content (AvgIpc) is 2.37. The van der Waals surface area contributed by atoms with Gasteiger partial charge in [0.25, 0.3) is 0 Å². The van der Waals surface area contributed by atoms with Gasteiger partial charge in [-0.1, -0.05) is 0 Å². The molecule has 3 nitrogen and oxygen atoms in total. The summed E-state index contributed by atoms with van der Waals surface area (Å²) in [7, 11) is 0. The molecule has 0 radical (unpaired) electrons. The van der Waals surface area contributed by atoms with Crippen LogP contribution < -0.4 is 4.74 Å². The second-order valence-electron chi connectivity index (χ2n) is 3.95. The van der Waals surface area contributed by atoms with Gasteiger partial charge in [-0.25, -0.2) is 4.39 Å². The predicted octanol–water partition coefficient (Wildman–Crippen LogP) is 3.76. The molecule has 2 rings (SSSR count). The summed E-state index contributed by atoms with van der Waals surface area (Å²) in [5.74, 6) is -0.514. The fraction of sp³-hybridized carbons (Fsp3) is 0.143. The standard InChI is InChI=1S/C14H11BrFNO2/c1-9(18)13-5-4-12(6-14(13)16)19-8-11-3-2-10(15)7-17-11/h2-7H,8H2,1H3. The summed E-state index contributed by atoms with van der Waals surface area (Å²) in [5.41, 5.74) is 0.799. The molecule has 1 aromatic heterocycles. The number of nitrogens with zero attached hydrogens (tertiary/aromatic N) is 1. The van der Waals surface area contributed by atoms with E-state index in [1.807, 2.05) is 12.1 Å². The molecular formula is C14H11BrFNO2. The Morgan fingerprint density at radius 3 is 2.74 bits per heavy atom. The molecule has 0 fully saturated rings. The van der Waals surface area contributed by atoms with Gasteiger partial charge in [0.1, 0.15) is 18.2 Å². The van der Waals surface area contributed by atoms with Crippen LogP contribution >= 0.6 is 15.9 Å². The third-order valence-electron chi connectivity index (χ3n) is 2.50. The second kappa shape index (κ2) is 5.93. The van der Waals surface area contributed by atoms with E-state index in [4.69, 9.17) is 4.74 Å². The molecule has 1 aromatic carbocycles. The van der Waals surface area contributed by atoms with Gasteiger partial charge < -0.3 is 4.74 Å². The van der Waals surface area contributed by atoms with Crippen LogP contribution in [-0.4, -0.2) is 10.8 Å². The lowest BCUT2D eigenvalue weighted by molar-refractivity contribution is 0.101. The fourth-order valence-corrected chi connectivity index (χ4v) is 1.75. The van der Waals surface area contributed by atoms with Gasteiger partial charge in [0.05, 0.1) is 11.3 Å². The largest absolute Gasteiger partial charge is 0.487 e. The summed E-state index contributed by atoms with van der Waals surface area (Å²) >= 11 is 3.29. The molecule has 98 valence electrons. The van der Waals surface area contributed by atoms with Gasteiger partial charge in [0.2, 0.25) is 0 Å². The molecule has 0 saturated heterocycles. The van der Waals surface area contributed by atoms with Crippen LogP contribution in [0.5, 0.6) is 5.75 Å². The number of aromatic nitrogens is 1. The first-order valence-electron chi connectivity index (χ1n) is 5.60. The van der Waals surface area contributed by atoms with Crippen LogP contribution in [0.3, 0.4) is 0 Å². The zero-order chi connectivity index (χ0) is 13.8. The number of halogens is 2. The van der Waals surface area contributed by atoms with Crippen LogP contribution in [0.4, 0.5) is 4.39 Å². The molecule has 0 atom stereocenters. The van der Waals surface area contributed by atoms with E-state index in [2.05, 4.69) is 20.9 Å². The van der Waals surface area contributed by atoms with Crippen molar-refractivity contribution in [3.63, 3.8) is 0 Å². The van der Waals surface area contributed by atoms with Crippen molar-refractivity contribution in [1.29, 1.82) is 0 Å². The van der Waals surface area contributed by atoms with E-state index in [-0.39, 0.29) is 18.0 Å². The van der Waals surface area contributed by atoms with Crippen LogP contribution in [0.2, 0.25) is 0 Å². The molecule has 0 spiro atoms. The van der Waals surface area contributed by atoms with Crippen molar-refractivity contribution < 1.29 is 13.9 Å². The lowest BCUT2D eigenvalue weighted by Crippen LogP contribution is -2.00. The molecule has 0 unspecified atom stereocenters. The highest BCUT2D eigenvalue weighted by Gasteiger charge is 2.08. The first-order valence-corrected chi connectivity index (χ1v) is 6.39. The van der Waals surface area contributed by atoms with Crippen molar-refractivity contribution >= 4 is 21.7 Å². The topological polar surface area (TPSA) is 39.2 Å². The summed E-state index contributed by atoms with van der Waals surface area (Å²) in [6.45, 7) is 1.57. The molecule has 0 aliphatic heterocycles. The van der Waals surface area contributed by atoms with E-state index in [9.17, 15) is 9.18 Å². The number of carbonyl (C=O) groups excluding carboxylic acids is 1. The molecule has 0 amide bonds. The number of hydrogen-bond acceptors (Lipinski definition) is 3. The monoisotopic (exact) mass is 323 g/mol. The molecule has 1 heterocycles. The highest BCUT2D eigenvalue weighted by atomic mass is 79.9. The molecule has 0 bridgehead atoms. The number of rotatable bonds is 4. The number of pyridine rings is 1. The third kappa shape index (κ3) is 3.61. The van der Waals surface area contributed by atoms with Gasteiger partial charge >= 0.3 is 0 Å². The molecular weight excluding hydrogens is 313 g/mol. The van der Waals surface area contributed by atoms with Crippen molar-refractivity contribution in [3.05, 3.63) is 58.1 Å². The Labute approximate surface area is 118 Å². The summed E-state index contributed by atoms with van der Waals surface area (Å²) in [4.78, 5) is 15.2. The third-order valence-corrected chi connectivity index (χ3v) is 2.96. The second-order valence-corrected chi connectivity index (χ2v) is 4.87. The molecule has 0 aliphatic carbocycles. The van der Waals surface area contributed by atoms with E-state index in [0.717, 1.165) is 10.2 Å². The number of ketones is 1. The predicted molar refractivity (Wildman–Crippen MR) is 72.7 cm³/mol. The first kappa shape index (κ1) is 13.7. The van der Waals surface area contributed by atoms with Crippen molar-refractivity contribution in [3.8, 4) is 5.75 Å². The maximum atomic E-state index is 13.6. The molecule has 0 N–H and O–H groups in total. The highest BCUT2D eigenvalue weighted by molar-refractivity contribution is 9.10. The molecule has 0 saturated carbocycles. The maximum absolute atomic E-state index is 13.6. The Morgan fingerprint density at radius 1 is 1.37 bits per heavy atom. The summed E-state index contributed by atoms with van der Waals surface area (Å²) < 4.78 is 19.9. The lowest BCUT2D eigenvalue weighted by Gasteiger charge is -2.07. The normalized spacial score (nSPS) is 10.3.